The molecule has 0 spiro atoms. The Morgan fingerprint density at radius 1 is 1.04 bits per heavy atom. The molecule has 52 heavy (non-hydrogen) atoms. The third-order valence-corrected chi connectivity index (χ3v) is 11.7. The van der Waals surface area contributed by atoms with Gasteiger partial charge in [-0.15, -0.1) is 6.58 Å². The zero-order chi connectivity index (χ0) is 36.9. The number of hydrogen-bond acceptors (Lipinski definition) is 8. The van der Waals surface area contributed by atoms with Crippen LogP contribution in [0, 0.1) is 5.92 Å². The fourth-order valence-corrected chi connectivity index (χ4v) is 8.11. The van der Waals surface area contributed by atoms with Crippen molar-refractivity contribution in [3.05, 3.63) is 107 Å². The summed E-state index contributed by atoms with van der Waals surface area (Å²) in [6.45, 7) is 4.10. The number of carbonyl (C=O) groups excluding carboxylic acids is 4. The molecule has 6 rings (SSSR count). The van der Waals surface area contributed by atoms with E-state index in [9.17, 15) is 32.4 Å². The van der Waals surface area contributed by atoms with E-state index in [1.165, 1.54) is 17.1 Å². The number of hydrogen-bond donors (Lipinski definition) is 4. The summed E-state index contributed by atoms with van der Waals surface area (Å²) in [4.78, 5) is 70.4. The number of aryl methyl sites for hydroxylation is 1. The summed E-state index contributed by atoms with van der Waals surface area (Å²) in [6.07, 6.45) is 10.1. The molecule has 3 aliphatic rings. The zero-order valence-corrected chi connectivity index (χ0v) is 29.5. The van der Waals surface area contributed by atoms with Crippen molar-refractivity contribution < 1.29 is 32.3 Å². The molecule has 14 heteroatoms. The summed E-state index contributed by atoms with van der Waals surface area (Å²) in [7, 11) is -3.89. The average molecular weight is 730 g/mol. The van der Waals surface area contributed by atoms with Gasteiger partial charge in [-0.1, -0.05) is 60.7 Å². The van der Waals surface area contributed by atoms with Gasteiger partial charge in [0.1, 0.15) is 17.6 Å². The Morgan fingerprint density at radius 2 is 1.83 bits per heavy atom. The highest BCUT2D eigenvalue weighted by atomic mass is 32.2. The number of alkyl carbamates (subject to hydrolysis) is 1. The van der Waals surface area contributed by atoms with Gasteiger partial charge < -0.3 is 25.3 Å². The fourth-order valence-electron chi connectivity index (χ4n) is 6.76. The first kappa shape index (κ1) is 36.5. The number of aromatic amines is 1. The lowest BCUT2D eigenvalue weighted by Gasteiger charge is -2.42. The quantitative estimate of drug-likeness (QED) is 0.135. The van der Waals surface area contributed by atoms with Crippen molar-refractivity contribution in [2.24, 2.45) is 5.92 Å². The molecule has 4 N–H and O–H groups in total. The predicted octanol–water partition coefficient (Wildman–Crippen LogP) is 3.53. The smallest absolute Gasteiger partial charge is 0.408 e. The van der Waals surface area contributed by atoms with Gasteiger partial charge in [-0.25, -0.2) is 13.2 Å². The Labute approximate surface area is 301 Å². The van der Waals surface area contributed by atoms with Gasteiger partial charge in [0.2, 0.25) is 15.9 Å². The minimum atomic E-state index is -3.89. The Bertz CT molecular complexity index is 2040. The third-order valence-electron chi connectivity index (χ3n) is 9.91. The van der Waals surface area contributed by atoms with Crippen molar-refractivity contribution >= 4 is 44.6 Å². The van der Waals surface area contributed by atoms with Crippen LogP contribution in [0.25, 0.3) is 10.8 Å². The summed E-state index contributed by atoms with van der Waals surface area (Å²) in [6, 6.07) is 14.2. The first-order valence-corrected chi connectivity index (χ1v) is 19.2. The van der Waals surface area contributed by atoms with E-state index in [4.69, 9.17) is 4.74 Å². The molecule has 0 unspecified atom stereocenters. The topological polar surface area (TPSA) is 184 Å². The van der Waals surface area contributed by atoms with Crippen molar-refractivity contribution in [3.8, 4) is 0 Å². The lowest BCUT2D eigenvalue weighted by Crippen LogP contribution is -2.67. The van der Waals surface area contributed by atoms with E-state index in [2.05, 4.69) is 26.9 Å². The van der Waals surface area contributed by atoms with Gasteiger partial charge in [0, 0.05) is 24.0 Å². The van der Waals surface area contributed by atoms with Gasteiger partial charge in [-0.2, -0.15) is 0 Å². The van der Waals surface area contributed by atoms with E-state index in [1.54, 1.807) is 42.6 Å². The normalized spacial score (nSPS) is 21.5. The first-order valence-electron chi connectivity index (χ1n) is 17.6. The number of rotatable bonds is 15. The monoisotopic (exact) mass is 729 g/mol. The van der Waals surface area contributed by atoms with Crippen LogP contribution in [0.5, 0.6) is 0 Å². The maximum absolute atomic E-state index is 14.1. The van der Waals surface area contributed by atoms with E-state index >= 15 is 0 Å². The van der Waals surface area contributed by atoms with E-state index in [1.807, 2.05) is 24.3 Å². The number of H-pyrrole nitrogens is 1. The Kier molecular flexibility index (Phi) is 10.9. The highest BCUT2D eigenvalue weighted by Gasteiger charge is 2.52. The van der Waals surface area contributed by atoms with E-state index in [0.717, 1.165) is 30.2 Å². The maximum atomic E-state index is 14.1. The van der Waals surface area contributed by atoms with Gasteiger partial charge >= 0.3 is 6.09 Å². The molecular weight excluding hydrogens is 687 g/mol. The summed E-state index contributed by atoms with van der Waals surface area (Å²) < 4.78 is 32.7. The second-order valence-electron chi connectivity index (χ2n) is 13.5. The number of carbonyl (C=O) groups is 4. The highest BCUT2D eigenvalue weighted by molar-refractivity contribution is 7.91. The van der Waals surface area contributed by atoms with E-state index in [-0.39, 0.29) is 18.7 Å². The molecule has 1 aliphatic heterocycles. The number of aromatic nitrogens is 1. The van der Waals surface area contributed by atoms with Crippen molar-refractivity contribution in [2.45, 2.75) is 74.2 Å². The number of likely N-dealkylation sites (tertiary alicyclic amines) is 1. The van der Waals surface area contributed by atoms with Crippen LogP contribution in [-0.2, 0) is 35.6 Å². The minimum Gasteiger partial charge on any atom is -0.450 e. The summed E-state index contributed by atoms with van der Waals surface area (Å²) in [5, 5.41) is 6.30. The molecule has 2 heterocycles. The van der Waals surface area contributed by atoms with Crippen LogP contribution >= 0.6 is 0 Å². The van der Waals surface area contributed by atoms with Crippen LogP contribution in [0.15, 0.2) is 90.4 Å². The molecule has 1 saturated heterocycles. The van der Waals surface area contributed by atoms with Crippen LogP contribution < -0.4 is 20.9 Å². The van der Waals surface area contributed by atoms with Crippen LogP contribution in [0.4, 0.5) is 4.79 Å². The third kappa shape index (κ3) is 7.96. The second kappa shape index (κ2) is 15.6. The summed E-state index contributed by atoms with van der Waals surface area (Å²) >= 11 is 0. The molecule has 2 aliphatic carbocycles. The van der Waals surface area contributed by atoms with Gasteiger partial charge in [0.25, 0.3) is 17.4 Å². The first-order chi connectivity index (χ1) is 25.0. The molecule has 3 aromatic rings. The number of pyridine rings is 1. The largest absolute Gasteiger partial charge is 0.450 e. The summed E-state index contributed by atoms with van der Waals surface area (Å²) in [5.41, 5.74) is -0.253. The van der Waals surface area contributed by atoms with Crippen molar-refractivity contribution in [1.82, 2.24) is 25.2 Å². The molecule has 0 bridgehead atoms. The zero-order valence-electron chi connectivity index (χ0n) is 28.7. The van der Waals surface area contributed by atoms with Gasteiger partial charge in [0.05, 0.1) is 11.9 Å². The van der Waals surface area contributed by atoms with Gasteiger partial charge in [0.15, 0.2) is 0 Å². The molecule has 0 radical (unpaired) electrons. The number of benzene rings is 2. The van der Waals surface area contributed by atoms with E-state index in [0.29, 0.717) is 43.1 Å². The molecular formula is C38H43N5O8S. The fraction of sp³-hybridized carbons (Fsp3) is 0.395. The molecule has 13 nitrogen and oxygen atoms in total. The van der Waals surface area contributed by atoms with Crippen molar-refractivity contribution in [2.75, 3.05) is 13.2 Å². The molecule has 1 aromatic heterocycles. The number of sulfonamides is 1. The molecule has 4 amide bonds. The standard InChI is InChI=1S/C38H43N5O8S/c1-2-28-18-20-38(28,36(47)42-52(49,50)29-16-17-29)41-34(45)31-13-9-22-43(31)35(46)32(27-11-6-3-7-12-27)40-37(48)51-23-8-4-5-10-25-14-15-26-19-21-39-33(44)30(26)24-25/h2-3,6-7,11-12,14-15,18-21,24,28-29,31-32H,1,4-5,8-10,13,16-17,22-23H2,(H,39,44)(H,40,48)(H,41,45)(H,42,47)/t28-,31+,32+,38-/m1/s1. The minimum absolute atomic E-state index is 0.126. The lowest BCUT2D eigenvalue weighted by atomic mass is 9.73. The number of nitrogens with zero attached hydrogens (tertiary/aromatic N) is 1. The average Bonchev–Trinajstić information content (AvgIpc) is 3.88. The highest BCUT2D eigenvalue weighted by Crippen LogP contribution is 2.35. The van der Waals surface area contributed by atoms with Crippen LogP contribution in [0.1, 0.15) is 62.1 Å². The lowest BCUT2D eigenvalue weighted by molar-refractivity contribution is -0.142. The van der Waals surface area contributed by atoms with Crippen molar-refractivity contribution in [1.29, 1.82) is 0 Å². The molecule has 2 fully saturated rings. The second-order valence-corrected chi connectivity index (χ2v) is 15.5. The SMILES string of the molecule is C=C[C@@H]1C=C[C@]1(NC(=O)[C@@H]1CCCN1C(=O)[C@@H](NC(=O)OCCCCCc1ccc2cc[nH]c(=O)c2c1)c1ccccc1)C(=O)NS(=O)(=O)C1CC1. The molecule has 274 valence electrons. The van der Waals surface area contributed by atoms with Crippen LogP contribution in [-0.4, -0.2) is 72.1 Å². The number of ether oxygens (including phenoxy) is 1. The van der Waals surface area contributed by atoms with E-state index < -0.39 is 62.6 Å². The Morgan fingerprint density at radius 3 is 2.54 bits per heavy atom. The van der Waals surface area contributed by atoms with Crippen LogP contribution in [0.2, 0.25) is 0 Å². The Balaban J connectivity index is 1.05. The molecule has 1 saturated carbocycles. The van der Waals surface area contributed by atoms with Gasteiger partial charge in [-0.05, 0) is 80.0 Å². The van der Waals surface area contributed by atoms with Crippen molar-refractivity contribution in [3.63, 3.8) is 0 Å². The number of unbranched alkanes of at least 4 members (excludes halogenated alkanes) is 2. The summed E-state index contributed by atoms with van der Waals surface area (Å²) in [5.74, 6) is -2.68. The molecule has 4 atom stereocenters. The maximum Gasteiger partial charge on any atom is 0.408 e. The number of nitrogens with one attached hydrogen (secondary N) is 4. The molecule has 2 aromatic carbocycles. The number of fused-ring (bicyclic) bond motifs is 1. The van der Waals surface area contributed by atoms with Crippen LogP contribution in [0.3, 0.4) is 0 Å². The van der Waals surface area contributed by atoms with Gasteiger partial charge in [-0.3, -0.25) is 23.9 Å². The Hall–Kier alpha value is -5.24. The number of amides is 4. The predicted molar refractivity (Wildman–Crippen MR) is 194 cm³/mol.